The first-order valence-electron chi connectivity index (χ1n) is 13.0. The summed E-state index contributed by atoms with van der Waals surface area (Å²) >= 11 is 0. The number of rotatable bonds is 12. The van der Waals surface area contributed by atoms with Crippen LogP contribution in [-0.4, -0.2) is 46.4 Å². The van der Waals surface area contributed by atoms with Gasteiger partial charge in [-0.2, -0.15) is 0 Å². The molecule has 196 valence electrons. The van der Waals surface area contributed by atoms with Crippen molar-refractivity contribution in [3.05, 3.63) is 126 Å². The van der Waals surface area contributed by atoms with Crippen LogP contribution in [0.15, 0.2) is 103 Å². The highest BCUT2D eigenvalue weighted by Crippen LogP contribution is 2.17. The second-order valence-corrected chi connectivity index (χ2v) is 9.31. The number of ether oxygens (including phenoxy) is 1. The summed E-state index contributed by atoms with van der Waals surface area (Å²) in [5.74, 6) is 0.348. The number of amides is 2. The Balaban J connectivity index is 1.55. The SMILES string of the molecule is CCCN(CC(=O)N(Cc1ccccc1)Cc1cccn1Cc1ccccc1)C(=O)c1cccc(OC)c1. The molecule has 38 heavy (non-hydrogen) atoms. The predicted molar refractivity (Wildman–Crippen MR) is 150 cm³/mol. The normalized spacial score (nSPS) is 10.7. The van der Waals surface area contributed by atoms with E-state index >= 15 is 0 Å². The molecule has 0 bridgehead atoms. The molecule has 1 heterocycles. The van der Waals surface area contributed by atoms with Crippen LogP contribution < -0.4 is 4.74 Å². The van der Waals surface area contributed by atoms with Crippen LogP contribution in [0, 0.1) is 0 Å². The summed E-state index contributed by atoms with van der Waals surface area (Å²) in [6.45, 7) is 4.15. The number of carbonyl (C=O) groups excluding carboxylic acids is 2. The van der Waals surface area contributed by atoms with Gasteiger partial charge >= 0.3 is 0 Å². The average Bonchev–Trinajstić information content (AvgIpc) is 3.39. The molecule has 0 aliphatic carbocycles. The number of methoxy groups -OCH3 is 1. The number of carbonyl (C=O) groups is 2. The van der Waals surface area contributed by atoms with Crippen molar-refractivity contribution in [2.75, 3.05) is 20.2 Å². The molecule has 0 fully saturated rings. The third kappa shape index (κ3) is 7.13. The lowest BCUT2D eigenvalue weighted by molar-refractivity contribution is -0.133. The Kier molecular flexibility index (Phi) is 9.35. The van der Waals surface area contributed by atoms with E-state index in [1.165, 1.54) is 5.56 Å². The third-order valence-electron chi connectivity index (χ3n) is 6.46. The lowest BCUT2D eigenvalue weighted by atomic mass is 10.1. The molecule has 4 aromatic rings. The van der Waals surface area contributed by atoms with E-state index in [9.17, 15) is 9.59 Å². The van der Waals surface area contributed by atoms with E-state index in [0.29, 0.717) is 30.9 Å². The van der Waals surface area contributed by atoms with Crippen LogP contribution in [0.3, 0.4) is 0 Å². The van der Waals surface area contributed by atoms with Crippen molar-refractivity contribution in [3.63, 3.8) is 0 Å². The van der Waals surface area contributed by atoms with Crippen molar-refractivity contribution in [1.82, 2.24) is 14.4 Å². The summed E-state index contributed by atoms with van der Waals surface area (Å²) in [5.41, 5.74) is 3.79. The van der Waals surface area contributed by atoms with Gasteiger partial charge in [0.1, 0.15) is 12.3 Å². The molecule has 4 rings (SSSR count). The first-order valence-corrected chi connectivity index (χ1v) is 13.0. The minimum Gasteiger partial charge on any atom is -0.497 e. The Morgan fingerprint density at radius 2 is 1.50 bits per heavy atom. The maximum absolute atomic E-state index is 13.8. The lowest BCUT2D eigenvalue weighted by Gasteiger charge is -2.28. The zero-order valence-electron chi connectivity index (χ0n) is 22.1. The summed E-state index contributed by atoms with van der Waals surface area (Å²) in [6.07, 6.45) is 2.80. The molecular weight excluding hydrogens is 474 g/mol. The van der Waals surface area contributed by atoms with Gasteiger partial charge in [0.15, 0.2) is 0 Å². The fraction of sp³-hybridized carbons (Fsp3) is 0.250. The van der Waals surface area contributed by atoms with Crippen molar-refractivity contribution >= 4 is 11.8 Å². The zero-order chi connectivity index (χ0) is 26.7. The quantitative estimate of drug-likeness (QED) is 0.249. The van der Waals surface area contributed by atoms with Crippen LogP contribution >= 0.6 is 0 Å². The van der Waals surface area contributed by atoms with Crippen LogP contribution in [0.2, 0.25) is 0 Å². The fourth-order valence-electron chi connectivity index (χ4n) is 4.48. The number of aromatic nitrogens is 1. The van der Waals surface area contributed by atoms with Crippen molar-refractivity contribution < 1.29 is 14.3 Å². The van der Waals surface area contributed by atoms with E-state index in [0.717, 1.165) is 24.2 Å². The summed E-state index contributed by atoms with van der Waals surface area (Å²) < 4.78 is 7.47. The van der Waals surface area contributed by atoms with Crippen LogP contribution in [0.4, 0.5) is 0 Å². The summed E-state index contributed by atoms with van der Waals surface area (Å²) in [4.78, 5) is 30.7. The van der Waals surface area contributed by atoms with Crippen LogP contribution in [-0.2, 0) is 24.4 Å². The zero-order valence-corrected chi connectivity index (χ0v) is 22.1. The maximum Gasteiger partial charge on any atom is 0.254 e. The molecular formula is C32H35N3O3. The fourth-order valence-corrected chi connectivity index (χ4v) is 4.48. The molecule has 0 unspecified atom stereocenters. The van der Waals surface area contributed by atoms with E-state index < -0.39 is 0 Å². The van der Waals surface area contributed by atoms with E-state index in [4.69, 9.17) is 4.74 Å². The van der Waals surface area contributed by atoms with Gasteiger partial charge < -0.3 is 19.1 Å². The summed E-state index contributed by atoms with van der Waals surface area (Å²) in [5, 5.41) is 0. The molecule has 0 aliphatic heterocycles. The molecule has 6 heteroatoms. The summed E-state index contributed by atoms with van der Waals surface area (Å²) in [7, 11) is 1.58. The highest BCUT2D eigenvalue weighted by atomic mass is 16.5. The van der Waals surface area contributed by atoms with Crippen molar-refractivity contribution in [3.8, 4) is 5.75 Å². The van der Waals surface area contributed by atoms with Gasteiger partial charge in [0.05, 0.1) is 13.7 Å². The van der Waals surface area contributed by atoms with Gasteiger partial charge in [-0.25, -0.2) is 0 Å². The summed E-state index contributed by atoms with van der Waals surface area (Å²) in [6, 6.07) is 31.4. The minimum absolute atomic E-state index is 0.0100. The standard InChI is InChI=1S/C32H35N3O3/c1-3-19-34(32(37)28-16-10-18-30(21-28)38-2)25-31(36)35(23-27-14-8-5-9-15-27)24-29-17-11-20-33(29)22-26-12-6-4-7-13-26/h4-18,20-21H,3,19,22-25H2,1-2H3. The molecule has 0 saturated carbocycles. The highest BCUT2D eigenvalue weighted by Gasteiger charge is 2.23. The highest BCUT2D eigenvalue weighted by molar-refractivity contribution is 5.96. The molecule has 6 nitrogen and oxygen atoms in total. The van der Waals surface area contributed by atoms with Gasteiger partial charge in [-0.1, -0.05) is 73.7 Å². The number of hydrogen-bond acceptors (Lipinski definition) is 3. The Morgan fingerprint density at radius 1 is 0.789 bits per heavy atom. The van der Waals surface area contributed by atoms with Crippen molar-refractivity contribution in [2.24, 2.45) is 0 Å². The third-order valence-corrected chi connectivity index (χ3v) is 6.46. The molecule has 0 saturated heterocycles. The van der Waals surface area contributed by atoms with Crippen molar-refractivity contribution in [2.45, 2.75) is 33.0 Å². The van der Waals surface area contributed by atoms with E-state index in [-0.39, 0.29) is 18.4 Å². The second kappa shape index (κ2) is 13.3. The molecule has 2 amide bonds. The Labute approximate surface area is 225 Å². The van der Waals surface area contributed by atoms with E-state index in [1.54, 1.807) is 36.3 Å². The molecule has 3 aromatic carbocycles. The topological polar surface area (TPSA) is 54.8 Å². The maximum atomic E-state index is 13.8. The molecule has 0 radical (unpaired) electrons. The predicted octanol–water partition coefficient (Wildman–Crippen LogP) is 5.63. The Hall–Kier alpha value is -4.32. The Bertz CT molecular complexity index is 1320. The van der Waals surface area contributed by atoms with Crippen LogP contribution in [0.25, 0.3) is 0 Å². The largest absolute Gasteiger partial charge is 0.497 e. The average molecular weight is 510 g/mol. The van der Waals surface area contributed by atoms with E-state index in [2.05, 4.69) is 22.8 Å². The molecule has 0 spiro atoms. The van der Waals surface area contributed by atoms with Gasteiger partial charge in [-0.3, -0.25) is 9.59 Å². The molecule has 0 N–H and O–H groups in total. The van der Waals surface area contributed by atoms with Gasteiger partial charge in [0, 0.05) is 37.1 Å². The Morgan fingerprint density at radius 3 is 2.18 bits per heavy atom. The van der Waals surface area contributed by atoms with Crippen LogP contribution in [0.1, 0.15) is 40.5 Å². The first-order chi connectivity index (χ1) is 18.6. The van der Waals surface area contributed by atoms with Gasteiger partial charge in [0.25, 0.3) is 5.91 Å². The lowest BCUT2D eigenvalue weighted by Crippen LogP contribution is -2.43. The molecule has 1 aromatic heterocycles. The van der Waals surface area contributed by atoms with E-state index in [1.807, 2.05) is 72.6 Å². The number of benzene rings is 3. The van der Waals surface area contributed by atoms with Crippen LogP contribution in [0.5, 0.6) is 5.75 Å². The monoisotopic (exact) mass is 509 g/mol. The molecule has 0 atom stereocenters. The van der Waals surface area contributed by atoms with Crippen molar-refractivity contribution in [1.29, 1.82) is 0 Å². The van der Waals surface area contributed by atoms with Gasteiger partial charge in [0.2, 0.25) is 5.91 Å². The van der Waals surface area contributed by atoms with Gasteiger partial charge in [-0.05, 0) is 47.9 Å². The number of nitrogens with zero attached hydrogens (tertiary/aromatic N) is 3. The minimum atomic E-state index is -0.175. The number of hydrogen-bond donors (Lipinski definition) is 0. The van der Waals surface area contributed by atoms with Gasteiger partial charge in [-0.15, -0.1) is 0 Å². The molecule has 0 aliphatic rings. The first kappa shape index (κ1) is 26.7. The smallest absolute Gasteiger partial charge is 0.254 e. The second-order valence-electron chi connectivity index (χ2n) is 9.31.